The third-order valence-electron chi connectivity index (χ3n) is 3.47. The molecule has 0 spiro atoms. The zero-order chi connectivity index (χ0) is 17.6. The fourth-order valence-corrected chi connectivity index (χ4v) is 2.79. The molecular weight excluding hydrogens is 430 g/mol. The summed E-state index contributed by atoms with van der Waals surface area (Å²) in [5, 5.41) is 2.59. The lowest BCUT2D eigenvalue weighted by atomic mass is 10.1. The van der Waals surface area contributed by atoms with E-state index in [9.17, 15) is 18.0 Å². The first kappa shape index (κ1) is 18.8. The van der Waals surface area contributed by atoms with Crippen LogP contribution in [0.3, 0.4) is 0 Å². The number of halogens is 4. The van der Waals surface area contributed by atoms with Crippen molar-refractivity contribution in [2.75, 3.05) is 0 Å². The maximum absolute atomic E-state index is 13.1. The summed E-state index contributed by atoms with van der Waals surface area (Å²) < 4.78 is 40.2. The second-order valence-electron chi connectivity index (χ2n) is 5.41. The molecule has 6 heteroatoms. The van der Waals surface area contributed by atoms with Gasteiger partial charge in [0.25, 0.3) is 5.91 Å². The third-order valence-corrected chi connectivity index (χ3v) is 4.14. The Hall–Kier alpha value is -1.57. The summed E-state index contributed by atoms with van der Waals surface area (Å²) in [7, 11) is 0. The molecule has 2 rings (SSSR count). The number of hydrogen-bond acceptors (Lipinski definition) is 1. The summed E-state index contributed by atoms with van der Waals surface area (Å²) >= 11 is 2.08. The van der Waals surface area contributed by atoms with Crippen molar-refractivity contribution >= 4 is 28.5 Å². The smallest absolute Gasteiger partial charge is 0.322 e. The molecule has 0 aromatic heterocycles. The summed E-state index contributed by atoms with van der Waals surface area (Å²) in [6.07, 6.45) is 3.72. The molecule has 0 saturated heterocycles. The normalized spacial score (nSPS) is 21.8. The Morgan fingerprint density at radius 2 is 1.92 bits per heavy atom. The van der Waals surface area contributed by atoms with Crippen LogP contribution in [0.2, 0.25) is 0 Å². The molecule has 0 heterocycles. The first-order chi connectivity index (χ1) is 11.4. The molecule has 0 unspecified atom stereocenters. The molecule has 0 bridgehead atoms. The lowest BCUT2D eigenvalue weighted by molar-refractivity contribution is -0.0882. The van der Waals surface area contributed by atoms with Crippen molar-refractivity contribution in [1.82, 2.24) is 5.32 Å². The average molecular weight is 447 g/mol. The molecule has 2 nitrogen and oxygen atoms in total. The summed E-state index contributed by atoms with van der Waals surface area (Å²) in [5.41, 5.74) is -0.172. The van der Waals surface area contributed by atoms with Gasteiger partial charge in [-0.2, -0.15) is 13.2 Å². The Bertz CT molecular complexity index is 690. The van der Waals surface area contributed by atoms with Crippen molar-refractivity contribution in [3.05, 3.63) is 69.0 Å². The van der Waals surface area contributed by atoms with Gasteiger partial charge in [-0.3, -0.25) is 4.79 Å². The largest absolute Gasteiger partial charge is 0.416 e. The van der Waals surface area contributed by atoms with Gasteiger partial charge < -0.3 is 5.32 Å². The van der Waals surface area contributed by atoms with E-state index >= 15 is 0 Å². The monoisotopic (exact) mass is 447 g/mol. The van der Waals surface area contributed by atoms with Crippen LogP contribution in [-0.4, -0.2) is 12.1 Å². The minimum absolute atomic E-state index is 0.178. The quantitative estimate of drug-likeness (QED) is 0.595. The van der Waals surface area contributed by atoms with Crippen LogP contribution in [0.5, 0.6) is 0 Å². The van der Waals surface area contributed by atoms with Crippen LogP contribution in [0.1, 0.15) is 36.0 Å². The molecular formula is C18H17F3INO. The lowest BCUT2D eigenvalue weighted by Crippen LogP contribution is -2.23. The van der Waals surface area contributed by atoms with Crippen LogP contribution in [0.25, 0.3) is 0 Å². The molecule has 1 aromatic carbocycles. The Labute approximate surface area is 152 Å². The van der Waals surface area contributed by atoms with Crippen molar-refractivity contribution in [2.45, 2.75) is 31.9 Å². The van der Waals surface area contributed by atoms with Gasteiger partial charge in [-0.1, -0.05) is 24.3 Å². The van der Waals surface area contributed by atoms with Gasteiger partial charge in [0.05, 0.1) is 5.57 Å². The first-order valence-electron chi connectivity index (χ1n) is 7.59. The predicted octanol–water partition coefficient (Wildman–Crippen LogP) is 5.52. The summed E-state index contributed by atoms with van der Waals surface area (Å²) in [5.74, 6) is -0.418. The zero-order valence-electron chi connectivity index (χ0n) is 12.9. The molecule has 1 aromatic rings. The Balaban J connectivity index is 2.28. The van der Waals surface area contributed by atoms with Gasteiger partial charge in [0, 0.05) is 14.8 Å². The molecule has 0 radical (unpaired) electrons. The highest BCUT2D eigenvalue weighted by Gasteiger charge is 2.32. The highest BCUT2D eigenvalue weighted by atomic mass is 127. The molecule has 128 valence electrons. The van der Waals surface area contributed by atoms with Gasteiger partial charge in [-0.05, 0) is 72.5 Å². The number of allylic oxidation sites excluding steroid dienone is 5. The second kappa shape index (κ2) is 8.50. The molecule has 0 atom stereocenters. The molecule has 1 N–H and O–H groups in total. The number of benzene rings is 1. The van der Waals surface area contributed by atoms with Crippen LogP contribution < -0.4 is 5.32 Å². The van der Waals surface area contributed by atoms with Gasteiger partial charge in [0.2, 0.25) is 0 Å². The van der Waals surface area contributed by atoms with Gasteiger partial charge in [-0.25, -0.2) is 0 Å². The van der Waals surface area contributed by atoms with E-state index in [-0.39, 0.29) is 5.70 Å². The van der Waals surface area contributed by atoms with E-state index in [0.717, 1.165) is 28.6 Å². The molecule has 1 aliphatic rings. The summed E-state index contributed by atoms with van der Waals surface area (Å²) in [6, 6.07) is 6.89. The molecule has 0 aliphatic heterocycles. The van der Waals surface area contributed by atoms with Crippen LogP contribution in [0, 0.1) is 3.57 Å². The van der Waals surface area contributed by atoms with E-state index in [0.29, 0.717) is 18.4 Å². The number of rotatable bonds is 2. The summed E-state index contributed by atoms with van der Waals surface area (Å²) in [6.45, 7) is 0. The fraction of sp³-hybridized carbons (Fsp3) is 0.278. The standard InChI is InChI=1S/C18H17F3INO/c19-18(20,21)14-8-4-2-1-3-5-10-16(12-14)23-17(24)13-7-6-9-15(22)11-13/h4,6-12H,1-3,5H2,(H,23,24)/b8-4+,14-12+,16-10-. The van der Waals surface area contributed by atoms with Gasteiger partial charge in [0.1, 0.15) is 0 Å². The minimum Gasteiger partial charge on any atom is -0.322 e. The van der Waals surface area contributed by atoms with E-state index in [1.165, 1.54) is 6.08 Å². The molecule has 24 heavy (non-hydrogen) atoms. The number of nitrogens with one attached hydrogen (secondary N) is 1. The van der Waals surface area contributed by atoms with Crippen LogP contribution in [-0.2, 0) is 0 Å². The Morgan fingerprint density at radius 1 is 1.17 bits per heavy atom. The molecule has 0 fully saturated rings. The number of carbonyl (C=O) groups is 1. The van der Waals surface area contributed by atoms with Crippen molar-refractivity contribution in [3.8, 4) is 0 Å². The van der Waals surface area contributed by atoms with E-state index in [4.69, 9.17) is 0 Å². The molecule has 1 amide bonds. The van der Waals surface area contributed by atoms with Gasteiger partial charge in [-0.15, -0.1) is 0 Å². The SMILES string of the molecule is O=C(NC1=C\CCCC/C=C/C(C(F)(F)F)=C\1)c1cccc(I)c1. The highest BCUT2D eigenvalue weighted by Crippen LogP contribution is 2.28. The van der Waals surface area contributed by atoms with Gasteiger partial charge >= 0.3 is 6.18 Å². The third kappa shape index (κ3) is 5.81. The maximum Gasteiger partial charge on any atom is 0.416 e. The fourth-order valence-electron chi connectivity index (χ4n) is 2.25. The van der Waals surface area contributed by atoms with Crippen molar-refractivity contribution in [3.63, 3.8) is 0 Å². The minimum atomic E-state index is -4.46. The van der Waals surface area contributed by atoms with E-state index in [2.05, 4.69) is 27.9 Å². The highest BCUT2D eigenvalue weighted by molar-refractivity contribution is 14.1. The Morgan fingerprint density at radius 3 is 2.62 bits per heavy atom. The Kier molecular flexibility index (Phi) is 6.65. The first-order valence-corrected chi connectivity index (χ1v) is 8.66. The van der Waals surface area contributed by atoms with Crippen LogP contribution >= 0.6 is 22.6 Å². The number of amides is 1. The van der Waals surface area contributed by atoms with Crippen LogP contribution in [0.4, 0.5) is 13.2 Å². The summed E-state index contributed by atoms with van der Waals surface area (Å²) in [4.78, 5) is 12.3. The number of alkyl halides is 3. The topological polar surface area (TPSA) is 29.1 Å². The number of hydrogen-bond donors (Lipinski definition) is 1. The molecule has 1 aliphatic carbocycles. The van der Waals surface area contributed by atoms with E-state index in [1.54, 1.807) is 24.3 Å². The maximum atomic E-state index is 13.1. The average Bonchev–Trinajstić information content (AvgIpc) is 2.52. The van der Waals surface area contributed by atoms with Gasteiger partial charge in [0.15, 0.2) is 0 Å². The van der Waals surface area contributed by atoms with Crippen molar-refractivity contribution in [1.29, 1.82) is 0 Å². The predicted molar refractivity (Wildman–Crippen MR) is 96.5 cm³/mol. The lowest BCUT2D eigenvalue weighted by Gasteiger charge is -2.12. The van der Waals surface area contributed by atoms with Crippen molar-refractivity contribution in [2.24, 2.45) is 0 Å². The zero-order valence-corrected chi connectivity index (χ0v) is 15.0. The van der Waals surface area contributed by atoms with Crippen LogP contribution in [0.15, 0.2) is 59.8 Å². The molecule has 0 saturated carbocycles. The number of carbonyl (C=O) groups excluding carboxylic acids is 1. The van der Waals surface area contributed by atoms with E-state index in [1.807, 2.05) is 6.07 Å². The van der Waals surface area contributed by atoms with Crippen molar-refractivity contribution < 1.29 is 18.0 Å². The van der Waals surface area contributed by atoms with E-state index < -0.39 is 17.7 Å². The second-order valence-corrected chi connectivity index (χ2v) is 6.65.